The van der Waals surface area contributed by atoms with Crippen LogP contribution in [-0.2, 0) is 0 Å². The minimum Gasteiger partial charge on any atom is -0.492 e. The Bertz CT molecular complexity index is 503. The predicted octanol–water partition coefficient (Wildman–Crippen LogP) is 2.25. The predicted molar refractivity (Wildman–Crippen MR) is 63.0 cm³/mol. The number of aromatic nitrogens is 1. The lowest BCUT2D eigenvalue weighted by Gasteiger charge is -2.00. The maximum absolute atomic E-state index is 5.54. The third-order valence-electron chi connectivity index (χ3n) is 2.09. The van der Waals surface area contributed by atoms with Crippen molar-refractivity contribution in [1.82, 2.24) is 4.68 Å². The first-order valence-corrected chi connectivity index (χ1v) is 5.30. The molecule has 0 N–H and O–H groups in total. The Kier molecular flexibility index (Phi) is 3.38. The van der Waals surface area contributed by atoms with Crippen molar-refractivity contribution >= 4 is 0 Å². The maximum atomic E-state index is 5.54. The van der Waals surface area contributed by atoms with E-state index in [2.05, 4.69) is 5.10 Å². The fourth-order valence-corrected chi connectivity index (χ4v) is 1.40. The van der Waals surface area contributed by atoms with Crippen LogP contribution in [0.25, 0.3) is 0 Å². The molecule has 0 aliphatic heterocycles. The molecule has 0 aliphatic rings. The molecule has 3 heteroatoms. The Labute approximate surface area is 94.6 Å². The lowest BCUT2D eigenvalue weighted by molar-refractivity contribution is 0.336. The summed E-state index contributed by atoms with van der Waals surface area (Å²) in [6.07, 6.45) is 3.78. The molecule has 0 spiro atoms. The number of rotatable bonds is 3. The summed E-state index contributed by atoms with van der Waals surface area (Å²) in [5, 5.41) is 5.27. The summed E-state index contributed by atoms with van der Waals surface area (Å²) in [4.78, 5) is 0. The lowest BCUT2D eigenvalue weighted by atomic mass is 10.4. The highest BCUT2D eigenvalue weighted by Gasteiger charge is 1.93. The van der Waals surface area contributed by atoms with Gasteiger partial charge in [0.05, 0.1) is 6.61 Å². The zero-order valence-electron chi connectivity index (χ0n) is 9.21. The molecule has 0 saturated heterocycles. The molecular weight excluding hydrogens is 200 g/mol. The second-order valence-corrected chi connectivity index (χ2v) is 3.26. The largest absolute Gasteiger partial charge is 0.492 e. The van der Waals surface area contributed by atoms with Crippen LogP contribution < -0.4 is 10.1 Å². The van der Waals surface area contributed by atoms with E-state index in [0.29, 0.717) is 6.61 Å². The van der Waals surface area contributed by atoms with Crippen LogP contribution >= 0.6 is 0 Å². The molecule has 0 radical (unpaired) electrons. The molecule has 3 nitrogen and oxygen atoms in total. The summed E-state index contributed by atoms with van der Waals surface area (Å²) >= 11 is 0. The average Bonchev–Trinajstić information content (AvgIpc) is 2.69. The zero-order valence-corrected chi connectivity index (χ0v) is 9.21. The molecule has 82 valence electrons. The third-order valence-corrected chi connectivity index (χ3v) is 2.09. The van der Waals surface area contributed by atoms with Crippen molar-refractivity contribution in [2.24, 2.45) is 5.10 Å². The number of hydrogen-bond acceptors (Lipinski definition) is 2. The lowest BCUT2D eigenvalue weighted by Crippen LogP contribution is -2.08. The quantitative estimate of drug-likeness (QED) is 0.769. The second-order valence-electron chi connectivity index (χ2n) is 3.26. The molecular formula is C13H14N2O. The summed E-state index contributed by atoms with van der Waals surface area (Å²) in [6.45, 7) is 2.60. The van der Waals surface area contributed by atoms with Crippen molar-refractivity contribution in [3.8, 4) is 5.75 Å². The van der Waals surface area contributed by atoms with E-state index in [4.69, 9.17) is 4.74 Å². The molecule has 1 aromatic heterocycles. The van der Waals surface area contributed by atoms with Crippen LogP contribution in [0.5, 0.6) is 5.75 Å². The fraction of sp³-hybridized carbons (Fsp3) is 0.154. The van der Waals surface area contributed by atoms with Crippen molar-refractivity contribution < 1.29 is 4.74 Å². The van der Waals surface area contributed by atoms with Gasteiger partial charge in [-0.05, 0) is 31.2 Å². The summed E-state index contributed by atoms with van der Waals surface area (Å²) in [6, 6.07) is 13.6. The fourth-order valence-electron chi connectivity index (χ4n) is 1.40. The van der Waals surface area contributed by atoms with Gasteiger partial charge in [-0.1, -0.05) is 18.2 Å². The van der Waals surface area contributed by atoms with Crippen LogP contribution in [0.15, 0.2) is 60.0 Å². The smallest absolute Gasteiger partial charge is 0.146 e. The van der Waals surface area contributed by atoms with E-state index in [0.717, 1.165) is 11.1 Å². The molecule has 0 fully saturated rings. The first-order chi connectivity index (χ1) is 7.90. The Morgan fingerprint density at radius 2 is 1.81 bits per heavy atom. The first-order valence-electron chi connectivity index (χ1n) is 5.30. The van der Waals surface area contributed by atoms with Crippen molar-refractivity contribution in [3.63, 3.8) is 0 Å². The molecule has 0 aliphatic carbocycles. The van der Waals surface area contributed by atoms with E-state index in [-0.39, 0.29) is 0 Å². The minimum absolute atomic E-state index is 0.637. The first kappa shape index (κ1) is 10.5. The molecule has 0 unspecified atom stereocenters. The van der Waals surface area contributed by atoms with E-state index < -0.39 is 0 Å². The highest BCUT2D eigenvalue weighted by Crippen LogP contribution is 2.01. The molecule has 0 saturated carbocycles. The van der Waals surface area contributed by atoms with Crippen LogP contribution in [0.3, 0.4) is 0 Å². The molecule has 0 atom stereocenters. The third kappa shape index (κ3) is 2.51. The van der Waals surface area contributed by atoms with Gasteiger partial charge < -0.3 is 4.74 Å². The van der Waals surface area contributed by atoms with Crippen LogP contribution in [0.2, 0.25) is 0 Å². The Morgan fingerprint density at radius 3 is 2.56 bits per heavy atom. The van der Waals surface area contributed by atoms with Crippen molar-refractivity contribution in [2.75, 3.05) is 6.61 Å². The van der Waals surface area contributed by atoms with E-state index >= 15 is 0 Å². The van der Waals surface area contributed by atoms with Gasteiger partial charge in [-0.2, -0.15) is 5.10 Å². The maximum Gasteiger partial charge on any atom is 0.146 e. The zero-order chi connectivity index (χ0) is 11.2. The van der Waals surface area contributed by atoms with Gasteiger partial charge in [0.25, 0.3) is 0 Å². The topological polar surface area (TPSA) is 26.5 Å². The van der Waals surface area contributed by atoms with Crippen LogP contribution in [-0.4, -0.2) is 11.3 Å². The van der Waals surface area contributed by atoms with Crippen LogP contribution in [0.4, 0.5) is 0 Å². The van der Waals surface area contributed by atoms with E-state index in [1.165, 1.54) is 0 Å². The van der Waals surface area contributed by atoms with Gasteiger partial charge in [-0.25, -0.2) is 4.68 Å². The van der Waals surface area contributed by atoms with Gasteiger partial charge >= 0.3 is 0 Å². The molecule has 16 heavy (non-hydrogen) atoms. The van der Waals surface area contributed by atoms with E-state index in [9.17, 15) is 0 Å². The monoisotopic (exact) mass is 214 g/mol. The van der Waals surface area contributed by atoms with Gasteiger partial charge in [-0.15, -0.1) is 0 Å². The molecule has 1 heterocycles. The van der Waals surface area contributed by atoms with Crippen molar-refractivity contribution in [3.05, 3.63) is 60.2 Å². The van der Waals surface area contributed by atoms with Gasteiger partial charge in [0.15, 0.2) is 0 Å². The van der Waals surface area contributed by atoms with Crippen LogP contribution in [0.1, 0.15) is 6.92 Å². The molecule has 0 bridgehead atoms. The van der Waals surface area contributed by atoms with E-state index in [1.54, 1.807) is 4.68 Å². The van der Waals surface area contributed by atoms with E-state index in [1.807, 2.05) is 61.8 Å². The minimum atomic E-state index is 0.637. The summed E-state index contributed by atoms with van der Waals surface area (Å²) in [5.41, 5.74) is 0. The Morgan fingerprint density at radius 1 is 1.06 bits per heavy atom. The Hall–Kier alpha value is -2.03. The summed E-state index contributed by atoms with van der Waals surface area (Å²) in [7, 11) is 0. The van der Waals surface area contributed by atoms with Gasteiger partial charge in [0.2, 0.25) is 0 Å². The van der Waals surface area contributed by atoms with Crippen LogP contribution in [0, 0.1) is 0 Å². The normalized spacial score (nSPS) is 11.4. The number of ether oxygens (including phenoxy) is 1. The molecule has 0 amide bonds. The standard InChI is InChI=1S/C13H14N2O/c1-2-16-13-9-5-3-4-8-12(13)14-15-10-6-7-11-15/h3-11H,2H2,1H3/b14-12+. The highest BCUT2D eigenvalue weighted by molar-refractivity contribution is 5.19. The number of nitrogens with zero attached hydrogens (tertiary/aromatic N) is 2. The number of hydrogen-bond donors (Lipinski definition) is 0. The second kappa shape index (κ2) is 5.16. The Balaban J connectivity index is 2.51. The summed E-state index contributed by atoms with van der Waals surface area (Å²) < 4.78 is 7.30. The SMILES string of the molecule is CCOc1ccccc/c1=N\n1cccc1. The molecule has 2 aromatic rings. The summed E-state index contributed by atoms with van der Waals surface area (Å²) in [5.74, 6) is 0.793. The average molecular weight is 214 g/mol. The highest BCUT2D eigenvalue weighted by atomic mass is 16.5. The van der Waals surface area contributed by atoms with Gasteiger partial charge in [0, 0.05) is 12.4 Å². The van der Waals surface area contributed by atoms with Crippen molar-refractivity contribution in [2.45, 2.75) is 6.92 Å². The van der Waals surface area contributed by atoms with Gasteiger partial charge in [-0.3, -0.25) is 0 Å². The van der Waals surface area contributed by atoms with Crippen molar-refractivity contribution in [1.29, 1.82) is 0 Å². The molecule has 2 rings (SSSR count). The van der Waals surface area contributed by atoms with Gasteiger partial charge in [0.1, 0.15) is 11.1 Å². The molecule has 1 aromatic carbocycles.